The number of rotatable bonds is 5. The second kappa shape index (κ2) is 5.54. The highest BCUT2D eigenvalue weighted by atomic mass is 16.5. The smallest absolute Gasteiger partial charge is 0.137 e. The fourth-order valence-electron chi connectivity index (χ4n) is 0.910. The van der Waals surface area contributed by atoms with Crippen LogP contribution in [0.15, 0.2) is 24.5 Å². The van der Waals surface area contributed by atoms with Crippen molar-refractivity contribution in [2.24, 2.45) is 0 Å². The monoisotopic (exact) mass is 180 g/mol. The third-order valence-electron chi connectivity index (χ3n) is 1.92. The third-order valence-corrected chi connectivity index (χ3v) is 1.92. The van der Waals surface area contributed by atoms with Gasteiger partial charge in [0, 0.05) is 12.7 Å². The summed E-state index contributed by atoms with van der Waals surface area (Å²) in [5.74, 6) is 0.840. The van der Waals surface area contributed by atoms with Gasteiger partial charge in [0.15, 0.2) is 0 Å². The Morgan fingerprint density at radius 1 is 1.54 bits per heavy atom. The molecule has 1 aromatic rings. The molecule has 0 aromatic carbocycles. The molecule has 0 spiro atoms. The summed E-state index contributed by atoms with van der Waals surface area (Å²) in [6, 6.07) is 3.79. The molecule has 0 amide bonds. The maximum Gasteiger partial charge on any atom is 0.137 e. The Labute approximate surface area is 79.3 Å². The van der Waals surface area contributed by atoms with Crippen molar-refractivity contribution in [2.75, 3.05) is 26.7 Å². The minimum atomic E-state index is 0.718. The van der Waals surface area contributed by atoms with E-state index in [0.717, 1.165) is 25.4 Å². The molecule has 0 unspecified atom stereocenters. The molecule has 3 heteroatoms. The Hall–Kier alpha value is -1.09. The van der Waals surface area contributed by atoms with Gasteiger partial charge in [-0.2, -0.15) is 0 Å². The molecule has 0 atom stereocenters. The second-order valence-electron chi connectivity index (χ2n) is 2.93. The van der Waals surface area contributed by atoms with Crippen LogP contribution in [0.2, 0.25) is 0 Å². The van der Waals surface area contributed by atoms with E-state index >= 15 is 0 Å². The highest BCUT2D eigenvalue weighted by molar-refractivity contribution is 5.15. The average molecular weight is 180 g/mol. The van der Waals surface area contributed by atoms with Crippen LogP contribution >= 0.6 is 0 Å². The van der Waals surface area contributed by atoms with Crippen LogP contribution in [0.5, 0.6) is 5.75 Å². The molecule has 72 valence electrons. The summed E-state index contributed by atoms with van der Waals surface area (Å²) in [5, 5.41) is 0. The second-order valence-corrected chi connectivity index (χ2v) is 2.93. The first-order valence-corrected chi connectivity index (χ1v) is 4.54. The summed E-state index contributed by atoms with van der Waals surface area (Å²) in [6.07, 6.45) is 3.47. The number of pyridine rings is 1. The molecule has 0 aliphatic carbocycles. The lowest BCUT2D eigenvalue weighted by Crippen LogP contribution is -2.23. The molecule has 1 aromatic heterocycles. The Balaban J connectivity index is 2.20. The van der Waals surface area contributed by atoms with E-state index in [-0.39, 0.29) is 0 Å². The molecule has 1 heterocycles. The maximum absolute atomic E-state index is 5.47. The van der Waals surface area contributed by atoms with Crippen molar-refractivity contribution in [3.8, 4) is 5.75 Å². The highest BCUT2D eigenvalue weighted by Crippen LogP contribution is 2.05. The molecule has 13 heavy (non-hydrogen) atoms. The summed E-state index contributed by atoms with van der Waals surface area (Å²) in [7, 11) is 2.08. The van der Waals surface area contributed by atoms with Crippen LogP contribution in [0.25, 0.3) is 0 Å². The van der Waals surface area contributed by atoms with Gasteiger partial charge in [-0.1, -0.05) is 6.92 Å². The average Bonchev–Trinajstić information content (AvgIpc) is 2.19. The van der Waals surface area contributed by atoms with Gasteiger partial charge < -0.3 is 9.64 Å². The molecule has 0 bridgehead atoms. The molecular weight excluding hydrogens is 164 g/mol. The molecule has 3 nitrogen and oxygen atoms in total. The SMILES string of the molecule is CCN(C)CCOc1cccnc1. The molecular formula is C10H16N2O. The fourth-order valence-corrected chi connectivity index (χ4v) is 0.910. The largest absolute Gasteiger partial charge is 0.491 e. The fraction of sp³-hybridized carbons (Fsp3) is 0.500. The topological polar surface area (TPSA) is 25.4 Å². The molecule has 0 saturated heterocycles. The Kier molecular flexibility index (Phi) is 4.26. The van der Waals surface area contributed by atoms with Gasteiger partial charge in [0.2, 0.25) is 0 Å². The van der Waals surface area contributed by atoms with Crippen LogP contribution in [0.3, 0.4) is 0 Å². The van der Waals surface area contributed by atoms with E-state index in [1.807, 2.05) is 12.1 Å². The lowest BCUT2D eigenvalue weighted by atomic mass is 10.4. The summed E-state index contributed by atoms with van der Waals surface area (Å²) >= 11 is 0. The first-order chi connectivity index (χ1) is 6.33. The molecule has 0 aliphatic heterocycles. The predicted octanol–water partition coefficient (Wildman–Crippen LogP) is 1.41. The first-order valence-electron chi connectivity index (χ1n) is 4.54. The number of ether oxygens (including phenoxy) is 1. The number of hydrogen-bond acceptors (Lipinski definition) is 3. The van der Waals surface area contributed by atoms with Crippen molar-refractivity contribution in [1.29, 1.82) is 0 Å². The molecule has 0 saturated carbocycles. The zero-order valence-corrected chi connectivity index (χ0v) is 8.23. The van der Waals surface area contributed by atoms with Crippen molar-refractivity contribution in [3.05, 3.63) is 24.5 Å². The van der Waals surface area contributed by atoms with Crippen LogP contribution in [0.4, 0.5) is 0 Å². The van der Waals surface area contributed by atoms with E-state index in [1.54, 1.807) is 12.4 Å². The van der Waals surface area contributed by atoms with Crippen LogP contribution in [-0.2, 0) is 0 Å². The first kappa shape index (κ1) is 9.99. The minimum absolute atomic E-state index is 0.718. The van der Waals surface area contributed by atoms with Crippen molar-refractivity contribution < 1.29 is 4.74 Å². The third kappa shape index (κ3) is 3.90. The molecule has 0 fully saturated rings. The number of likely N-dealkylation sites (N-methyl/N-ethyl adjacent to an activating group) is 1. The standard InChI is InChI=1S/C10H16N2O/c1-3-12(2)7-8-13-10-5-4-6-11-9-10/h4-6,9H,3,7-8H2,1-2H3. The normalized spacial score (nSPS) is 10.4. The van der Waals surface area contributed by atoms with E-state index < -0.39 is 0 Å². The van der Waals surface area contributed by atoms with Gasteiger partial charge >= 0.3 is 0 Å². The van der Waals surface area contributed by atoms with Gasteiger partial charge in [0.25, 0.3) is 0 Å². The number of aromatic nitrogens is 1. The van der Waals surface area contributed by atoms with Crippen LogP contribution < -0.4 is 4.74 Å². The number of hydrogen-bond donors (Lipinski definition) is 0. The summed E-state index contributed by atoms with van der Waals surface area (Å²) in [6.45, 7) is 4.85. The van der Waals surface area contributed by atoms with Crippen molar-refractivity contribution in [2.45, 2.75) is 6.92 Å². The maximum atomic E-state index is 5.47. The highest BCUT2D eigenvalue weighted by Gasteiger charge is 1.95. The van der Waals surface area contributed by atoms with Crippen molar-refractivity contribution in [3.63, 3.8) is 0 Å². The predicted molar refractivity (Wildman–Crippen MR) is 52.9 cm³/mol. The lowest BCUT2D eigenvalue weighted by Gasteiger charge is -2.13. The van der Waals surface area contributed by atoms with Gasteiger partial charge in [-0.25, -0.2) is 0 Å². The Morgan fingerprint density at radius 2 is 2.38 bits per heavy atom. The van der Waals surface area contributed by atoms with Crippen LogP contribution in [0.1, 0.15) is 6.92 Å². The van der Waals surface area contributed by atoms with Gasteiger partial charge in [-0.15, -0.1) is 0 Å². The van der Waals surface area contributed by atoms with E-state index in [9.17, 15) is 0 Å². The van der Waals surface area contributed by atoms with Gasteiger partial charge in [0.05, 0.1) is 6.20 Å². The Morgan fingerprint density at radius 3 is 3.00 bits per heavy atom. The molecule has 0 radical (unpaired) electrons. The number of nitrogens with zero attached hydrogens (tertiary/aromatic N) is 2. The van der Waals surface area contributed by atoms with E-state index in [4.69, 9.17) is 4.74 Å². The summed E-state index contributed by atoms with van der Waals surface area (Å²) in [5.41, 5.74) is 0. The molecule has 1 rings (SSSR count). The van der Waals surface area contributed by atoms with E-state index in [1.165, 1.54) is 0 Å². The lowest BCUT2D eigenvalue weighted by molar-refractivity contribution is 0.243. The van der Waals surface area contributed by atoms with Crippen LogP contribution in [-0.4, -0.2) is 36.6 Å². The molecule has 0 aliphatic rings. The van der Waals surface area contributed by atoms with Crippen molar-refractivity contribution in [1.82, 2.24) is 9.88 Å². The zero-order valence-electron chi connectivity index (χ0n) is 8.23. The van der Waals surface area contributed by atoms with Gasteiger partial charge in [-0.3, -0.25) is 4.98 Å². The zero-order chi connectivity index (χ0) is 9.52. The Bertz CT molecular complexity index is 226. The van der Waals surface area contributed by atoms with Crippen LogP contribution in [0, 0.1) is 0 Å². The van der Waals surface area contributed by atoms with E-state index in [2.05, 4.69) is 23.9 Å². The minimum Gasteiger partial charge on any atom is -0.491 e. The summed E-state index contributed by atoms with van der Waals surface area (Å²) in [4.78, 5) is 6.17. The van der Waals surface area contributed by atoms with Crippen molar-refractivity contribution >= 4 is 0 Å². The van der Waals surface area contributed by atoms with E-state index in [0.29, 0.717) is 0 Å². The quantitative estimate of drug-likeness (QED) is 0.685. The van der Waals surface area contributed by atoms with Gasteiger partial charge in [0.1, 0.15) is 12.4 Å². The molecule has 0 N–H and O–H groups in total. The summed E-state index contributed by atoms with van der Waals surface area (Å²) < 4.78 is 5.47. The van der Waals surface area contributed by atoms with Gasteiger partial charge in [-0.05, 0) is 25.7 Å².